The van der Waals surface area contributed by atoms with E-state index in [9.17, 15) is 0 Å². The van der Waals surface area contributed by atoms with Crippen LogP contribution in [0.1, 0.15) is 5.69 Å². The summed E-state index contributed by atoms with van der Waals surface area (Å²) in [7, 11) is 0. The van der Waals surface area contributed by atoms with Crippen LogP contribution in [-0.2, 0) is 6.54 Å². The zero-order valence-electron chi connectivity index (χ0n) is 7.71. The Kier molecular flexibility index (Phi) is 3.26. The van der Waals surface area contributed by atoms with Crippen LogP contribution in [0.15, 0.2) is 24.3 Å². The number of aromatic nitrogens is 1. The van der Waals surface area contributed by atoms with Gasteiger partial charge in [0.2, 0.25) is 0 Å². The zero-order chi connectivity index (χ0) is 10.8. The summed E-state index contributed by atoms with van der Waals surface area (Å²) in [5.41, 5.74) is 7.12. The van der Waals surface area contributed by atoms with Crippen LogP contribution in [0.3, 0.4) is 0 Å². The third kappa shape index (κ3) is 2.16. The number of rotatable bonds is 2. The zero-order valence-corrected chi connectivity index (χ0v) is 10.0. The predicted molar refractivity (Wildman–Crippen MR) is 65.5 cm³/mol. The first-order valence-corrected chi connectivity index (χ1v) is 5.90. The van der Waals surface area contributed by atoms with Gasteiger partial charge in [0.25, 0.3) is 0 Å². The van der Waals surface area contributed by atoms with Crippen LogP contribution in [0.4, 0.5) is 0 Å². The quantitative estimate of drug-likeness (QED) is 0.895. The lowest BCUT2D eigenvalue weighted by Gasteiger charge is -1.97. The molecule has 0 saturated carbocycles. The van der Waals surface area contributed by atoms with Crippen molar-refractivity contribution < 1.29 is 0 Å². The van der Waals surface area contributed by atoms with E-state index in [-0.39, 0.29) is 0 Å². The minimum Gasteiger partial charge on any atom is -0.325 e. The molecule has 0 unspecified atom stereocenters. The Bertz CT molecular complexity index is 482. The first-order chi connectivity index (χ1) is 7.22. The highest BCUT2D eigenvalue weighted by atomic mass is 35.5. The summed E-state index contributed by atoms with van der Waals surface area (Å²) in [5, 5.41) is 1.48. The van der Waals surface area contributed by atoms with Gasteiger partial charge in [-0.3, -0.25) is 0 Å². The van der Waals surface area contributed by atoms with Gasteiger partial charge in [0.05, 0.1) is 10.7 Å². The predicted octanol–water partition coefficient (Wildman–Crippen LogP) is 3.58. The molecular weight excluding hydrogens is 251 g/mol. The number of thiazole rings is 1. The highest BCUT2D eigenvalue weighted by Gasteiger charge is 2.11. The summed E-state index contributed by atoms with van der Waals surface area (Å²) in [6, 6.07) is 7.54. The molecule has 1 heterocycles. The van der Waals surface area contributed by atoms with Crippen molar-refractivity contribution in [1.82, 2.24) is 4.98 Å². The fourth-order valence-corrected chi connectivity index (χ4v) is 2.69. The summed E-state index contributed by atoms with van der Waals surface area (Å²) in [4.78, 5) is 4.34. The van der Waals surface area contributed by atoms with Crippen molar-refractivity contribution in [3.05, 3.63) is 39.3 Å². The normalized spacial score (nSPS) is 10.6. The lowest BCUT2D eigenvalue weighted by molar-refractivity contribution is 1.01. The molecule has 0 saturated heterocycles. The Labute approximate surface area is 102 Å². The maximum Gasteiger partial charge on any atom is 0.126 e. The molecule has 0 bridgehead atoms. The van der Waals surface area contributed by atoms with Crippen molar-refractivity contribution in [2.24, 2.45) is 5.73 Å². The molecule has 15 heavy (non-hydrogen) atoms. The third-order valence-electron chi connectivity index (χ3n) is 1.95. The van der Waals surface area contributed by atoms with E-state index in [0.717, 1.165) is 16.3 Å². The molecule has 2 N–H and O–H groups in total. The lowest BCUT2D eigenvalue weighted by atomic mass is 10.2. The Morgan fingerprint density at radius 3 is 2.60 bits per heavy atom. The first kappa shape index (κ1) is 10.9. The van der Waals surface area contributed by atoms with Gasteiger partial charge in [0.15, 0.2) is 0 Å². The molecular formula is C10H8Cl2N2S. The number of hydrogen-bond acceptors (Lipinski definition) is 3. The van der Waals surface area contributed by atoms with Crippen molar-refractivity contribution >= 4 is 34.5 Å². The number of halogens is 2. The smallest absolute Gasteiger partial charge is 0.126 e. The Hall–Kier alpha value is -0.610. The van der Waals surface area contributed by atoms with Crippen molar-refractivity contribution in [3.63, 3.8) is 0 Å². The SMILES string of the molecule is NCc1nc(-c2ccccc2Cl)sc1Cl. The molecule has 78 valence electrons. The molecule has 0 aliphatic heterocycles. The standard InChI is InChI=1S/C10H8Cl2N2S/c11-7-4-2-1-3-6(7)10-14-8(5-13)9(12)15-10/h1-4H,5,13H2. The van der Waals surface area contributed by atoms with Gasteiger partial charge < -0.3 is 5.73 Å². The Morgan fingerprint density at radius 1 is 1.27 bits per heavy atom. The van der Waals surface area contributed by atoms with E-state index in [0.29, 0.717) is 15.9 Å². The number of benzene rings is 1. The minimum atomic E-state index is 0.347. The average Bonchev–Trinajstić information content (AvgIpc) is 2.60. The van der Waals surface area contributed by atoms with E-state index in [2.05, 4.69) is 4.98 Å². The summed E-state index contributed by atoms with van der Waals surface area (Å²) in [6.07, 6.45) is 0. The van der Waals surface area contributed by atoms with Gasteiger partial charge in [-0.25, -0.2) is 4.98 Å². The highest BCUT2D eigenvalue weighted by Crippen LogP contribution is 2.34. The molecule has 0 radical (unpaired) electrons. The maximum absolute atomic E-state index is 6.06. The van der Waals surface area contributed by atoms with E-state index >= 15 is 0 Å². The van der Waals surface area contributed by atoms with Crippen LogP contribution in [0.2, 0.25) is 9.36 Å². The van der Waals surface area contributed by atoms with Gasteiger partial charge in [-0.05, 0) is 6.07 Å². The van der Waals surface area contributed by atoms with Crippen LogP contribution in [0.5, 0.6) is 0 Å². The van der Waals surface area contributed by atoms with Gasteiger partial charge >= 0.3 is 0 Å². The summed E-state index contributed by atoms with van der Waals surface area (Å²) >= 11 is 13.4. The topological polar surface area (TPSA) is 38.9 Å². The largest absolute Gasteiger partial charge is 0.325 e. The summed E-state index contributed by atoms with van der Waals surface area (Å²) < 4.78 is 0.632. The van der Waals surface area contributed by atoms with E-state index in [1.165, 1.54) is 11.3 Å². The van der Waals surface area contributed by atoms with Crippen molar-refractivity contribution in [2.75, 3.05) is 0 Å². The van der Waals surface area contributed by atoms with E-state index in [4.69, 9.17) is 28.9 Å². The second-order valence-corrected chi connectivity index (χ2v) is 4.93. The summed E-state index contributed by atoms with van der Waals surface area (Å²) in [5.74, 6) is 0. The number of nitrogens with two attached hydrogens (primary N) is 1. The molecule has 1 aromatic heterocycles. The van der Waals surface area contributed by atoms with Gasteiger partial charge in [0, 0.05) is 12.1 Å². The second kappa shape index (κ2) is 4.49. The fourth-order valence-electron chi connectivity index (χ4n) is 1.21. The van der Waals surface area contributed by atoms with Gasteiger partial charge in [0.1, 0.15) is 9.34 Å². The molecule has 2 aromatic rings. The fraction of sp³-hybridized carbons (Fsp3) is 0.100. The van der Waals surface area contributed by atoms with Crippen LogP contribution < -0.4 is 5.73 Å². The molecule has 0 amide bonds. The average molecular weight is 259 g/mol. The summed E-state index contributed by atoms with van der Waals surface area (Å²) in [6.45, 7) is 0.347. The Morgan fingerprint density at radius 2 is 2.00 bits per heavy atom. The van der Waals surface area contributed by atoms with Crippen molar-refractivity contribution in [2.45, 2.75) is 6.54 Å². The molecule has 5 heteroatoms. The second-order valence-electron chi connectivity index (χ2n) is 2.92. The van der Waals surface area contributed by atoms with E-state index in [1.807, 2.05) is 24.3 Å². The third-order valence-corrected chi connectivity index (χ3v) is 3.65. The van der Waals surface area contributed by atoms with Crippen LogP contribution >= 0.6 is 34.5 Å². The van der Waals surface area contributed by atoms with Crippen LogP contribution in [0.25, 0.3) is 10.6 Å². The van der Waals surface area contributed by atoms with Crippen LogP contribution in [-0.4, -0.2) is 4.98 Å². The molecule has 0 atom stereocenters. The highest BCUT2D eigenvalue weighted by molar-refractivity contribution is 7.19. The van der Waals surface area contributed by atoms with Gasteiger partial charge in [-0.15, -0.1) is 11.3 Å². The maximum atomic E-state index is 6.06. The van der Waals surface area contributed by atoms with Crippen molar-refractivity contribution in [3.8, 4) is 10.6 Å². The van der Waals surface area contributed by atoms with Crippen LogP contribution in [0, 0.1) is 0 Å². The molecule has 0 aliphatic carbocycles. The molecule has 2 rings (SSSR count). The molecule has 0 aliphatic rings. The van der Waals surface area contributed by atoms with Crippen molar-refractivity contribution in [1.29, 1.82) is 0 Å². The van der Waals surface area contributed by atoms with Gasteiger partial charge in [-0.2, -0.15) is 0 Å². The Balaban J connectivity index is 2.50. The van der Waals surface area contributed by atoms with E-state index in [1.54, 1.807) is 0 Å². The minimum absolute atomic E-state index is 0.347. The van der Waals surface area contributed by atoms with E-state index < -0.39 is 0 Å². The first-order valence-electron chi connectivity index (χ1n) is 4.32. The number of nitrogens with zero attached hydrogens (tertiary/aromatic N) is 1. The number of hydrogen-bond donors (Lipinski definition) is 1. The lowest BCUT2D eigenvalue weighted by Crippen LogP contribution is -1.96. The van der Waals surface area contributed by atoms with Gasteiger partial charge in [-0.1, -0.05) is 41.4 Å². The monoisotopic (exact) mass is 258 g/mol. The molecule has 1 aromatic carbocycles. The molecule has 2 nitrogen and oxygen atoms in total. The molecule has 0 fully saturated rings. The molecule has 0 spiro atoms.